The van der Waals surface area contributed by atoms with Crippen molar-refractivity contribution in [2.24, 2.45) is 5.73 Å². The molecule has 3 atom stereocenters. The quantitative estimate of drug-likeness (QED) is 0.245. The van der Waals surface area contributed by atoms with E-state index in [0.29, 0.717) is 17.0 Å². The van der Waals surface area contributed by atoms with E-state index in [4.69, 9.17) is 5.73 Å². The minimum atomic E-state index is -1.01. The van der Waals surface area contributed by atoms with Crippen LogP contribution in [0.5, 0.6) is 0 Å². The van der Waals surface area contributed by atoms with Gasteiger partial charge in [0.15, 0.2) is 0 Å². The van der Waals surface area contributed by atoms with Crippen molar-refractivity contribution >= 4 is 57.4 Å². The first-order chi connectivity index (χ1) is 19.2. The molecule has 0 unspecified atom stereocenters. The summed E-state index contributed by atoms with van der Waals surface area (Å²) in [5.74, 6) is -1.94. The molecule has 0 aliphatic carbocycles. The number of primary amides is 1. The monoisotopic (exact) mass is 580 g/mol. The second-order valence-corrected chi connectivity index (χ2v) is 11.5. The van der Waals surface area contributed by atoms with Crippen LogP contribution in [0, 0.1) is 13.8 Å². The predicted octanol–water partition coefficient (Wildman–Crippen LogP) is 1.71. The number of benzene rings is 1. The summed E-state index contributed by atoms with van der Waals surface area (Å²) in [6, 6.07) is 5.27. The van der Waals surface area contributed by atoms with Crippen molar-refractivity contribution in [1.29, 1.82) is 0 Å². The van der Waals surface area contributed by atoms with Crippen LogP contribution in [0.2, 0.25) is 0 Å². The van der Waals surface area contributed by atoms with Crippen molar-refractivity contribution in [3.63, 3.8) is 0 Å². The number of amides is 4. The van der Waals surface area contributed by atoms with Gasteiger partial charge in [0.05, 0.1) is 10.7 Å². The van der Waals surface area contributed by atoms with E-state index in [0.717, 1.165) is 33.0 Å². The number of aryl methyl sites for hydroxylation is 2. The number of carbonyl (C=O) groups excluding carboxylic acids is 4. The Morgan fingerprint density at radius 1 is 1.23 bits per heavy atom. The van der Waals surface area contributed by atoms with Gasteiger partial charge in [-0.05, 0) is 49.9 Å². The Morgan fingerprint density at radius 2 is 2.02 bits per heavy atom. The van der Waals surface area contributed by atoms with Gasteiger partial charge in [0.25, 0.3) is 11.8 Å². The molecule has 0 radical (unpaired) electrons. The highest BCUT2D eigenvalue weighted by Gasteiger charge is 2.39. The Kier molecular flexibility index (Phi) is 7.89. The number of aromatic amines is 1. The molecule has 5 rings (SSSR count). The van der Waals surface area contributed by atoms with E-state index in [1.807, 2.05) is 24.3 Å². The van der Waals surface area contributed by atoms with Crippen LogP contribution >= 0.6 is 22.9 Å². The second-order valence-electron chi connectivity index (χ2n) is 9.68. The van der Waals surface area contributed by atoms with Crippen molar-refractivity contribution < 1.29 is 19.2 Å². The van der Waals surface area contributed by atoms with Gasteiger partial charge >= 0.3 is 0 Å². The lowest BCUT2D eigenvalue weighted by atomic mass is 9.95. The van der Waals surface area contributed by atoms with Crippen LogP contribution in [-0.2, 0) is 16.0 Å². The first-order valence-electron chi connectivity index (χ1n) is 12.7. The zero-order valence-corrected chi connectivity index (χ0v) is 23.5. The molecular weight excluding hydrogens is 552 g/mol. The zero-order valence-electron chi connectivity index (χ0n) is 21.8. The molecule has 12 nitrogen and oxygen atoms in total. The summed E-state index contributed by atoms with van der Waals surface area (Å²) in [6.45, 7) is 3.71. The number of nitrogens with one attached hydrogen (secondary N) is 3. The molecule has 1 aliphatic heterocycles. The molecule has 4 aromatic rings. The maximum absolute atomic E-state index is 13.7. The molecule has 0 spiro atoms. The van der Waals surface area contributed by atoms with Gasteiger partial charge in [0.1, 0.15) is 22.7 Å². The van der Waals surface area contributed by atoms with Crippen LogP contribution in [-0.4, -0.2) is 72.8 Å². The summed E-state index contributed by atoms with van der Waals surface area (Å²) in [5, 5.41) is 12.9. The smallest absolute Gasteiger partial charge is 0.274 e. The lowest BCUT2D eigenvalue weighted by Crippen LogP contribution is -2.59. The molecule has 0 bridgehead atoms. The van der Waals surface area contributed by atoms with E-state index in [9.17, 15) is 19.2 Å². The van der Waals surface area contributed by atoms with Crippen LogP contribution in [0.1, 0.15) is 49.3 Å². The largest absolute Gasteiger partial charge is 0.368 e. The van der Waals surface area contributed by atoms with Crippen LogP contribution in [0.4, 0.5) is 0 Å². The number of H-pyrrole nitrogens is 1. The van der Waals surface area contributed by atoms with Gasteiger partial charge in [-0.2, -0.15) is 0 Å². The third kappa shape index (κ3) is 5.72. The molecule has 4 amide bonds. The minimum absolute atomic E-state index is 0.149. The van der Waals surface area contributed by atoms with E-state index in [-0.39, 0.29) is 36.9 Å². The second kappa shape index (κ2) is 11.5. The number of hydrogen-bond donors (Lipinski definition) is 4. The van der Waals surface area contributed by atoms with Crippen LogP contribution in [0.15, 0.2) is 35.8 Å². The predicted molar refractivity (Wildman–Crippen MR) is 150 cm³/mol. The number of carbonyl (C=O) groups is 4. The first kappa shape index (κ1) is 27.4. The van der Waals surface area contributed by atoms with Crippen molar-refractivity contribution in [2.75, 3.05) is 6.54 Å². The number of likely N-dealkylation sites (tertiary alicyclic amines) is 1. The standard InChI is InChI=1S/C26H28N8O4S2/c1-13-22(40-33-32-13)25(37)30-16-7-8-34(26(38)20-12-39-14(2)29-20)21(10-16)24(36)31-19(23(27)35)9-15-11-28-18-6-4-3-5-17(15)18/h3-6,11-12,16,19,21,28H,7-10H2,1-2H3,(H2,27,35)(H,30,37)(H,31,36)/t16-,19+,21-/m0/s1. The van der Waals surface area contributed by atoms with Gasteiger partial charge in [0, 0.05) is 41.5 Å². The molecule has 14 heteroatoms. The Balaban J connectivity index is 1.36. The minimum Gasteiger partial charge on any atom is -0.368 e. The highest BCUT2D eigenvalue weighted by atomic mass is 32.1. The molecule has 1 aromatic carbocycles. The molecular formula is C26H28N8O4S2. The van der Waals surface area contributed by atoms with E-state index in [1.54, 1.807) is 25.4 Å². The molecule has 5 N–H and O–H groups in total. The molecule has 3 aromatic heterocycles. The fourth-order valence-corrected chi connectivity index (χ4v) is 6.05. The van der Waals surface area contributed by atoms with Gasteiger partial charge in [0.2, 0.25) is 11.8 Å². The van der Waals surface area contributed by atoms with Crippen LogP contribution in [0.25, 0.3) is 10.9 Å². The number of aromatic nitrogens is 4. The molecule has 1 fully saturated rings. The van der Waals surface area contributed by atoms with E-state index < -0.39 is 29.9 Å². The Bertz CT molecular complexity index is 1580. The topological polar surface area (TPSA) is 176 Å². The van der Waals surface area contributed by atoms with Crippen molar-refractivity contribution in [3.8, 4) is 0 Å². The van der Waals surface area contributed by atoms with Crippen molar-refractivity contribution in [3.05, 3.63) is 62.7 Å². The Labute approximate surface area is 237 Å². The maximum atomic E-state index is 13.7. The normalized spacial score (nSPS) is 17.9. The lowest BCUT2D eigenvalue weighted by Gasteiger charge is -2.39. The number of para-hydroxylation sites is 1. The number of nitrogens with zero attached hydrogens (tertiary/aromatic N) is 4. The van der Waals surface area contributed by atoms with Gasteiger partial charge < -0.3 is 26.3 Å². The highest BCUT2D eigenvalue weighted by molar-refractivity contribution is 7.09. The molecule has 40 heavy (non-hydrogen) atoms. The lowest BCUT2D eigenvalue weighted by molar-refractivity contribution is -0.131. The number of thiazole rings is 1. The fraction of sp³-hybridized carbons (Fsp3) is 0.346. The van der Waals surface area contributed by atoms with E-state index >= 15 is 0 Å². The molecule has 208 valence electrons. The molecule has 1 saturated heterocycles. The van der Waals surface area contributed by atoms with Crippen molar-refractivity contribution in [2.45, 2.75) is 51.2 Å². The maximum Gasteiger partial charge on any atom is 0.274 e. The average molecular weight is 581 g/mol. The average Bonchev–Trinajstić information content (AvgIpc) is 3.68. The number of rotatable bonds is 8. The third-order valence-electron chi connectivity index (χ3n) is 6.96. The van der Waals surface area contributed by atoms with Crippen LogP contribution in [0.3, 0.4) is 0 Å². The number of piperidine rings is 1. The van der Waals surface area contributed by atoms with Crippen LogP contribution < -0.4 is 16.4 Å². The van der Waals surface area contributed by atoms with Gasteiger partial charge in [-0.1, -0.05) is 22.7 Å². The summed E-state index contributed by atoms with van der Waals surface area (Å²) in [4.78, 5) is 61.7. The summed E-state index contributed by atoms with van der Waals surface area (Å²) >= 11 is 2.34. The Morgan fingerprint density at radius 3 is 2.73 bits per heavy atom. The third-order valence-corrected chi connectivity index (χ3v) is 8.56. The first-order valence-corrected chi connectivity index (χ1v) is 14.3. The summed E-state index contributed by atoms with van der Waals surface area (Å²) in [5.41, 5.74) is 8.20. The zero-order chi connectivity index (χ0) is 28.4. The molecule has 1 aliphatic rings. The molecule has 0 saturated carbocycles. The van der Waals surface area contributed by atoms with Gasteiger partial charge in [-0.15, -0.1) is 16.4 Å². The number of hydrogen-bond acceptors (Lipinski definition) is 9. The molecule has 4 heterocycles. The summed E-state index contributed by atoms with van der Waals surface area (Å²) in [6.07, 6.45) is 2.55. The van der Waals surface area contributed by atoms with E-state index in [1.165, 1.54) is 16.2 Å². The SMILES string of the molecule is Cc1nc(C(=O)N2CC[C@H](NC(=O)c3snnc3C)C[C@H]2C(=O)N[C@H](Cc2c[nH]c3ccccc23)C(N)=O)cs1. The van der Waals surface area contributed by atoms with Gasteiger partial charge in [-0.3, -0.25) is 19.2 Å². The summed E-state index contributed by atoms with van der Waals surface area (Å²) in [7, 11) is 0. The summed E-state index contributed by atoms with van der Waals surface area (Å²) < 4.78 is 3.81. The Hall–Kier alpha value is -4.17. The van der Waals surface area contributed by atoms with E-state index in [2.05, 4.69) is 30.2 Å². The number of nitrogens with two attached hydrogens (primary N) is 1. The highest BCUT2D eigenvalue weighted by Crippen LogP contribution is 2.24. The van der Waals surface area contributed by atoms with Gasteiger partial charge in [-0.25, -0.2) is 4.98 Å². The fourth-order valence-electron chi connectivity index (χ4n) is 4.90. The van der Waals surface area contributed by atoms with Crippen molar-refractivity contribution in [1.82, 2.24) is 35.1 Å². The number of fused-ring (bicyclic) bond motifs is 1.